The number of halogens is 2. The van der Waals surface area contributed by atoms with Gasteiger partial charge in [-0.15, -0.1) is 24.0 Å². The third-order valence-electron chi connectivity index (χ3n) is 2.85. The molecule has 0 saturated heterocycles. The van der Waals surface area contributed by atoms with Crippen LogP contribution in [0.1, 0.15) is 24.5 Å². The number of rotatable bonds is 6. The summed E-state index contributed by atoms with van der Waals surface area (Å²) in [7, 11) is 1.35. The van der Waals surface area contributed by atoms with Gasteiger partial charge in [-0.3, -0.25) is 4.79 Å². The zero-order chi connectivity index (χ0) is 15.7. The summed E-state index contributed by atoms with van der Waals surface area (Å²) < 4.78 is 18.0. The van der Waals surface area contributed by atoms with Crippen LogP contribution in [0.15, 0.2) is 23.2 Å². The van der Waals surface area contributed by atoms with E-state index in [2.05, 4.69) is 20.4 Å². The van der Waals surface area contributed by atoms with Crippen molar-refractivity contribution in [1.82, 2.24) is 10.6 Å². The lowest BCUT2D eigenvalue weighted by atomic mass is 10.1. The number of aryl methyl sites for hydroxylation is 1. The van der Waals surface area contributed by atoms with E-state index in [4.69, 9.17) is 0 Å². The Morgan fingerprint density at radius 1 is 1.36 bits per heavy atom. The number of hydrogen-bond acceptors (Lipinski definition) is 3. The average Bonchev–Trinajstić information content (AvgIpc) is 2.48. The molecule has 7 heteroatoms. The first-order chi connectivity index (χ1) is 10.1. The lowest BCUT2D eigenvalue weighted by molar-refractivity contribution is -0.140. The summed E-state index contributed by atoms with van der Waals surface area (Å²) in [4.78, 5) is 15.4. The van der Waals surface area contributed by atoms with Gasteiger partial charge in [-0.2, -0.15) is 0 Å². The van der Waals surface area contributed by atoms with Gasteiger partial charge in [0.2, 0.25) is 0 Å². The first kappa shape index (κ1) is 20.6. The minimum absolute atomic E-state index is 0. The topological polar surface area (TPSA) is 62.7 Å². The van der Waals surface area contributed by atoms with Crippen molar-refractivity contribution in [3.63, 3.8) is 0 Å². The van der Waals surface area contributed by atoms with Gasteiger partial charge in [0.05, 0.1) is 20.1 Å². The van der Waals surface area contributed by atoms with Crippen LogP contribution >= 0.6 is 24.0 Å². The standard InChI is InChI=1S/C15H22FN3O2.HI/c1-4-17-15(18-8-7-14(20)21-3)19-10-12-6-5-11(2)13(16)9-12;/h5-6,9H,4,7-8,10H2,1-3H3,(H2,17,18,19);1H. The summed E-state index contributed by atoms with van der Waals surface area (Å²) >= 11 is 0. The van der Waals surface area contributed by atoms with E-state index in [0.717, 1.165) is 5.56 Å². The van der Waals surface area contributed by atoms with Gasteiger partial charge in [-0.25, -0.2) is 9.38 Å². The third-order valence-corrected chi connectivity index (χ3v) is 2.85. The predicted octanol–water partition coefficient (Wildman–Crippen LogP) is 2.37. The number of hydrogen-bond donors (Lipinski definition) is 2. The molecule has 0 spiro atoms. The molecule has 0 aromatic heterocycles. The number of nitrogens with zero attached hydrogens (tertiary/aromatic N) is 1. The Bertz CT molecular complexity index is 510. The summed E-state index contributed by atoms with van der Waals surface area (Å²) in [6.45, 7) is 5.17. The molecule has 0 radical (unpaired) electrons. The van der Waals surface area contributed by atoms with Crippen molar-refractivity contribution in [2.75, 3.05) is 20.2 Å². The van der Waals surface area contributed by atoms with Crippen molar-refractivity contribution in [2.24, 2.45) is 4.99 Å². The molecule has 0 aliphatic heterocycles. The SMILES string of the molecule is CCNC(=NCc1ccc(C)c(F)c1)NCCC(=O)OC.I. The molecule has 0 fully saturated rings. The Labute approximate surface area is 147 Å². The quantitative estimate of drug-likeness (QED) is 0.319. The normalized spacial score (nSPS) is 10.6. The van der Waals surface area contributed by atoms with Crippen LogP contribution in [0.4, 0.5) is 4.39 Å². The van der Waals surface area contributed by atoms with Crippen molar-refractivity contribution in [3.05, 3.63) is 35.1 Å². The van der Waals surface area contributed by atoms with E-state index in [1.165, 1.54) is 13.2 Å². The summed E-state index contributed by atoms with van der Waals surface area (Å²) in [6, 6.07) is 5.06. The van der Waals surface area contributed by atoms with Gasteiger partial charge in [0.25, 0.3) is 0 Å². The number of nitrogens with one attached hydrogen (secondary N) is 2. The Morgan fingerprint density at radius 3 is 2.68 bits per heavy atom. The van der Waals surface area contributed by atoms with Crippen LogP contribution in [-0.4, -0.2) is 32.1 Å². The second-order valence-electron chi connectivity index (χ2n) is 4.53. The highest BCUT2D eigenvalue weighted by Crippen LogP contribution is 2.09. The van der Waals surface area contributed by atoms with Crippen LogP contribution < -0.4 is 10.6 Å². The van der Waals surface area contributed by atoms with Crippen molar-refractivity contribution in [2.45, 2.75) is 26.8 Å². The number of aliphatic imine (C=N–C) groups is 1. The fourth-order valence-corrected chi connectivity index (χ4v) is 1.63. The number of benzene rings is 1. The predicted molar refractivity (Wildman–Crippen MR) is 96.0 cm³/mol. The lowest BCUT2D eigenvalue weighted by Crippen LogP contribution is -2.38. The van der Waals surface area contributed by atoms with Crippen LogP contribution in [0.3, 0.4) is 0 Å². The molecule has 0 amide bonds. The van der Waals surface area contributed by atoms with E-state index >= 15 is 0 Å². The first-order valence-corrected chi connectivity index (χ1v) is 6.90. The molecule has 124 valence electrons. The smallest absolute Gasteiger partial charge is 0.307 e. The highest BCUT2D eigenvalue weighted by Gasteiger charge is 2.03. The van der Waals surface area contributed by atoms with Gasteiger partial charge in [-0.05, 0) is 31.0 Å². The number of methoxy groups -OCH3 is 1. The minimum Gasteiger partial charge on any atom is -0.469 e. The lowest BCUT2D eigenvalue weighted by Gasteiger charge is -2.10. The maximum Gasteiger partial charge on any atom is 0.307 e. The summed E-state index contributed by atoms with van der Waals surface area (Å²) in [5.74, 6) is 0.0766. The van der Waals surface area contributed by atoms with Crippen molar-refractivity contribution < 1.29 is 13.9 Å². The fourth-order valence-electron chi connectivity index (χ4n) is 1.63. The first-order valence-electron chi connectivity index (χ1n) is 6.90. The highest BCUT2D eigenvalue weighted by atomic mass is 127. The largest absolute Gasteiger partial charge is 0.469 e. The molecule has 1 aromatic rings. The van der Waals surface area contributed by atoms with E-state index in [1.807, 2.05) is 13.0 Å². The Kier molecular flexibility index (Phi) is 10.5. The zero-order valence-electron chi connectivity index (χ0n) is 13.1. The maximum absolute atomic E-state index is 13.5. The molecule has 0 bridgehead atoms. The van der Waals surface area contributed by atoms with Gasteiger partial charge in [0.1, 0.15) is 5.82 Å². The molecule has 0 saturated carbocycles. The summed E-state index contributed by atoms with van der Waals surface area (Å²) in [5.41, 5.74) is 1.41. The van der Waals surface area contributed by atoms with E-state index in [1.54, 1.807) is 13.0 Å². The molecule has 0 atom stereocenters. The average molecular weight is 423 g/mol. The number of carbonyl (C=O) groups excluding carboxylic acids is 1. The second kappa shape index (κ2) is 11.2. The molecule has 2 N–H and O–H groups in total. The Balaban J connectivity index is 0.00000441. The maximum atomic E-state index is 13.5. The van der Waals surface area contributed by atoms with Crippen LogP contribution in [-0.2, 0) is 16.1 Å². The molecule has 0 aliphatic carbocycles. The van der Waals surface area contributed by atoms with Gasteiger partial charge >= 0.3 is 5.97 Å². The second-order valence-corrected chi connectivity index (χ2v) is 4.53. The van der Waals surface area contributed by atoms with E-state index in [9.17, 15) is 9.18 Å². The van der Waals surface area contributed by atoms with E-state index in [0.29, 0.717) is 31.2 Å². The van der Waals surface area contributed by atoms with Crippen LogP contribution in [0, 0.1) is 12.7 Å². The van der Waals surface area contributed by atoms with Gasteiger partial charge < -0.3 is 15.4 Å². The molecule has 22 heavy (non-hydrogen) atoms. The highest BCUT2D eigenvalue weighted by molar-refractivity contribution is 14.0. The Hall–Kier alpha value is -1.38. The molecule has 0 unspecified atom stereocenters. The van der Waals surface area contributed by atoms with Crippen LogP contribution in [0.2, 0.25) is 0 Å². The summed E-state index contributed by atoms with van der Waals surface area (Å²) in [6.07, 6.45) is 0.264. The van der Waals surface area contributed by atoms with E-state index < -0.39 is 0 Å². The van der Waals surface area contributed by atoms with Crippen LogP contribution in [0.25, 0.3) is 0 Å². The molecule has 0 aliphatic rings. The van der Waals surface area contributed by atoms with Crippen molar-refractivity contribution in [1.29, 1.82) is 0 Å². The number of guanidine groups is 1. The molecule has 1 rings (SSSR count). The van der Waals surface area contributed by atoms with Crippen molar-refractivity contribution in [3.8, 4) is 0 Å². The fraction of sp³-hybridized carbons (Fsp3) is 0.467. The van der Waals surface area contributed by atoms with Crippen LogP contribution in [0.5, 0.6) is 0 Å². The number of ether oxygens (including phenoxy) is 1. The molecule has 5 nitrogen and oxygen atoms in total. The van der Waals surface area contributed by atoms with Gasteiger partial charge in [0, 0.05) is 13.1 Å². The molecular formula is C15H23FIN3O2. The molecule has 1 aromatic carbocycles. The third kappa shape index (κ3) is 7.58. The number of carbonyl (C=O) groups is 1. The number of esters is 1. The van der Waals surface area contributed by atoms with Crippen molar-refractivity contribution >= 4 is 35.9 Å². The molecular weight excluding hydrogens is 400 g/mol. The minimum atomic E-state index is -0.279. The van der Waals surface area contributed by atoms with E-state index in [-0.39, 0.29) is 42.2 Å². The zero-order valence-corrected chi connectivity index (χ0v) is 15.4. The monoisotopic (exact) mass is 423 g/mol. The Morgan fingerprint density at radius 2 is 2.09 bits per heavy atom. The van der Waals surface area contributed by atoms with Gasteiger partial charge in [-0.1, -0.05) is 12.1 Å². The van der Waals surface area contributed by atoms with Gasteiger partial charge in [0.15, 0.2) is 5.96 Å². The summed E-state index contributed by atoms with van der Waals surface area (Å²) in [5, 5.41) is 6.09. The molecule has 0 heterocycles.